The normalized spacial score (nSPS) is 11.6. The summed E-state index contributed by atoms with van der Waals surface area (Å²) in [7, 11) is 0. The van der Waals surface area contributed by atoms with E-state index in [0.717, 1.165) is 11.5 Å². The summed E-state index contributed by atoms with van der Waals surface area (Å²) in [6.07, 6.45) is 0. The molecule has 1 aromatic heterocycles. The van der Waals surface area contributed by atoms with E-state index in [4.69, 9.17) is 10.2 Å². The van der Waals surface area contributed by atoms with Crippen LogP contribution in [-0.4, -0.2) is 6.54 Å². The molecule has 2 rings (SSSR count). The Morgan fingerprint density at radius 3 is 2.58 bits per heavy atom. The third-order valence-corrected chi connectivity index (χ3v) is 3.16. The minimum absolute atomic E-state index is 0.247. The van der Waals surface area contributed by atoms with E-state index >= 15 is 0 Å². The van der Waals surface area contributed by atoms with Gasteiger partial charge in [0.25, 0.3) is 0 Å². The number of nitrogen functional groups attached to an aromatic ring is 1. The highest BCUT2D eigenvalue weighted by molar-refractivity contribution is 5.66. The van der Waals surface area contributed by atoms with Gasteiger partial charge in [-0.2, -0.15) is 0 Å². The Hall–Kier alpha value is -1.97. The van der Waals surface area contributed by atoms with Gasteiger partial charge in [0, 0.05) is 12.0 Å². The highest BCUT2D eigenvalue weighted by Crippen LogP contribution is 2.28. The van der Waals surface area contributed by atoms with Gasteiger partial charge >= 0.3 is 0 Å². The predicted octanol–water partition coefficient (Wildman–Crippen LogP) is 3.70. The van der Waals surface area contributed by atoms with Crippen molar-refractivity contribution in [1.29, 1.82) is 0 Å². The molecule has 102 valence electrons. The number of nitrogens with one attached hydrogen (secondary N) is 1. The Labute approximate surface area is 112 Å². The van der Waals surface area contributed by atoms with Crippen molar-refractivity contribution in [2.75, 3.05) is 17.6 Å². The molecule has 0 aliphatic heterocycles. The second kappa shape index (κ2) is 4.96. The molecule has 0 amide bonds. The first-order valence-electron chi connectivity index (χ1n) is 6.25. The summed E-state index contributed by atoms with van der Waals surface area (Å²) in [4.78, 5) is 0. The van der Waals surface area contributed by atoms with Gasteiger partial charge in [0.1, 0.15) is 17.3 Å². The molecule has 3 nitrogen and oxygen atoms in total. The van der Waals surface area contributed by atoms with E-state index < -0.39 is 0 Å². The monoisotopic (exact) mass is 262 g/mol. The lowest BCUT2D eigenvalue weighted by Gasteiger charge is -2.24. The van der Waals surface area contributed by atoms with E-state index in [1.165, 1.54) is 6.07 Å². The van der Waals surface area contributed by atoms with E-state index in [1.807, 2.05) is 32.9 Å². The third kappa shape index (κ3) is 2.89. The van der Waals surface area contributed by atoms with Crippen molar-refractivity contribution in [3.05, 3.63) is 47.7 Å². The van der Waals surface area contributed by atoms with E-state index in [2.05, 4.69) is 5.32 Å². The Kier molecular flexibility index (Phi) is 3.51. The van der Waals surface area contributed by atoms with Gasteiger partial charge in [0.2, 0.25) is 0 Å². The van der Waals surface area contributed by atoms with Gasteiger partial charge in [-0.3, -0.25) is 0 Å². The van der Waals surface area contributed by atoms with Crippen molar-refractivity contribution in [2.24, 2.45) is 0 Å². The number of halogens is 1. The summed E-state index contributed by atoms with van der Waals surface area (Å²) in [6, 6.07) is 8.53. The summed E-state index contributed by atoms with van der Waals surface area (Å²) < 4.78 is 19.3. The first-order valence-corrected chi connectivity index (χ1v) is 6.25. The highest BCUT2D eigenvalue weighted by atomic mass is 19.1. The van der Waals surface area contributed by atoms with E-state index in [0.29, 0.717) is 17.9 Å². The Morgan fingerprint density at radius 1 is 1.26 bits per heavy atom. The molecule has 0 saturated carbocycles. The van der Waals surface area contributed by atoms with Crippen LogP contribution in [0.5, 0.6) is 0 Å². The largest absolute Gasteiger partial charge is 0.466 e. The summed E-state index contributed by atoms with van der Waals surface area (Å²) in [5.74, 6) is 1.40. The topological polar surface area (TPSA) is 51.2 Å². The van der Waals surface area contributed by atoms with Crippen molar-refractivity contribution in [3.63, 3.8) is 0 Å². The Bertz CT molecular complexity index is 555. The number of aryl methyl sites for hydroxylation is 1. The van der Waals surface area contributed by atoms with E-state index in [1.54, 1.807) is 12.1 Å². The number of para-hydroxylation sites is 1. The molecule has 1 aromatic carbocycles. The molecule has 0 spiro atoms. The van der Waals surface area contributed by atoms with Crippen LogP contribution in [0.25, 0.3) is 0 Å². The van der Waals surface area contributed by atoms with Crippen LogP contribution in [0, 0.1) is 12.7 Å². The van der Waals surface area contributed by atoms with Crippen molar-refractivity contribution in [3.8, 4) is 0 Å². The lowest BCUT2D eigenvalue weighted by atomic mass is 9.90. The van der Waals surface area contributed by atoms with Gasteiger partial charge < -0.3 is 15.5 Å². The average Bonchev–Trinajstić information content (AvgIpc) is 2.76. The van der Waals surface area contributed by atoms with Crippen LogP contribution >= 0.6 is 0 Å². The molecule has 0 aliphatic carbocycles. The van der Waals surface area contributed by atoms with Crippen LogP contribution in [0.3, 0.4) is 0 Å². The zero-order valence-corrected chi connectivity index (χ0v) is 11.5. The maximum absolute atomic E-state index is 13.7. The summed E-state index contributed by atoms with van der Waals surface area (Å²) in [5, 5.41) is 3.07. The minimum Gasteiger partial charge on any atom is -0.466 e. The quantitative estimate of drug-likeness (QED) is 0.826. The molecule has 4 heteroatoms. The average molecular weight is 262 g/mol. The van der Waals surface area contributed by atoms with Gasteiger partial charge in [-0.25, -0.2) is 4.39 Å². The fourth-order valence-electron chi connectivity index (χ4n) is 1.92. The fraction of sp³-hybridized carbons (Fsp3) is 0.333. The van der Waals surface area contributed by atoms with Crippen molar-refractivity contribution in [2.45, 2.75) is 26.2 Å². The minimum atomic E-state index is -0.341. The summed E-state index contributed by atoms with van der Waals surface area (Å²) in [5.41, 5.74) is 6.28. The molecule has 19 heavy (non-hydrogen) atoms. The summed E-state index contributed by atoms with van der Waals surface area (Å²) in [6.45, 7) is 6.51. The van der Waals surface area contributed by atoms with E-state index in [9.17, 15) is 4.39 Å². The molecular formula is C15H19FN2O. The maximum Gasteiger partial charge on any atom is 0.148 e. The third-order valence-electron chi connectivity index (χ3n) is 3.16. The van der Waals surface area contributed by atoms with Crippen LogP contribution in [0.15, 0.2) is 34.7 Å². The molecule has 1 heterocycles. The van der Waals surface area contributed by atoms with E-state index in [-0.39, 0.29) is 11.2 Å². The SMILES string of the molecule is Cc1ccc(C(C)(C)CNc2c(N)cccc2F)o1. The van der Waals surface area contributed by atoms with Gasteiger partial charge in [-0.1, -0.05) is 19.9 Å². The number of furan rings is 1. The van der Waals surface area contributed by atoms with Gasteiger partial charge in [0.15, 0.2) is 0 Å². The predicted molar refractivity (Wildman–Crippen MR) is 75.8 cm³/mol. The lowest BCUT2D eigenvalue weighted by Crippen LogP contribution is -2.27. The van der Waals surface area contributed by atoms with Gasteiger partial charge in [0.05, 0.1) is 11.4 Å². The van der Waals surface area contributed by atoms with Gasteiger partial charge in [-0.15, -0.1) is 0 Å². The first kappa shape index (κ1) is 13.5. The van der Waals surface area contributed by atoms with Crippen LogP contribution in [0.1, 0.15) is 25.4 Å². The van der Waals surface area contributed by atoms with Crippen LogP contribution in [0.2, 0.25) is 0 Å². The maximum atomic E-state index is 13.7. The second-order valence-corrected chi connectivity index (χ2v) is 5.35. The number of hydrogen-bond donors (Lipinski definition) is 2. The number of benzene rings is 1. The Morgan fingerprint density at radius 2 is 2.00 bits per heavy atom. The van der Waals surface area contributed by atoms with Crippen LogP contribution in [0.4, 0.5) is 15.8 Å². The number of rotatable bonds is 4. The number of anilines is 2. The molecule has 0 unspecified atom stereocenters. The fourth-order valence-corrected chi connectivity index (χ4v) is 1.92. The molecule has 0 atom stereocenters. The first-order chi connectivity index (χ1) is 8.90. The standard InChI is InChI=1S/C15H19FN2O/c1-10-7-8-13(19-10)15(2,3)9-18-14-11(16)5-4-6-12(14)17/h4-8,18H,9,17H2,1-3H3. The van der Waals surface area contributed by atoms with Crippen molar-refractivity contribution in [1.82, 2.24) is 0 Å². The number of hydrogen-bond acceptors (Lipinski definition) is 3. The zero-order chi connectivity index (χ0) is 14.0. The highest BCUT2D eigenvalue weighted by Gasteiger charge is 2.24. The smallest absolute Gasteiger partial charge is 0.148 e. The zero-order valence-electron chi connectivity index (χ0n) is 11.5. The molecule has 0 fully saturated rings. The van der Waals surface area contributed by atoms with Crippen molar-refractivity contribution < 1.29 is 8.81 Å². The summed E-state index contributed by atoms with van der Waals surface area (Å²) >= 11 is 0. The molecular weight excluding hydrogens is 243 g/mol. The molecule has 2 aromatic rings. The van der Waals surface area contributed by atoms with Crippen molar-refractivity contribution >= 4 is 11.4 Å². The molecule has 3 N–H and O–H groups in total. The van der Waals surface area contributed by atoms with Gasteiger partial charge in [-0.05, 0) is 31.2 Å². The number of nitrogens with two attached hydrogens (primary N) is 1. The molecule has 0 radical (unpaired) electrons. The second-order valence-electron chi connectivity index (χ2n) is 5.35. The molecule has 0 aliphatic rings. The van der Waals surface area contributed by atoms with Crippen LogP contribution < -0.4 is 11.1 Å². The Balaban J connectivity index is 2.14. The molecule has 0 bridgehead atoms. The molecule has 0 saturated heterocycles. The van der Waals surface area contributed by atoms with Crippen LogP contribution in [-0.2, 0) is 5.41 Å². The lowest BCUT2D eigenvalue weighted by molar-refractivity contribution is 0.385.